The van der Waals surface area contributed by atoms with E-state index in [9.17, 15) is 9.59 Å². The van der Waals surface area contributed by atoms with Gasteiger partial charge in [0, 0.05) is 44.9 Å². The number of hydrogen-bond donors (Lipinski definition) is 2. The molecule has 0 fully saturated rings. The summed E-state index contributed by atoms with van der Waals surface area (Å²) >= 11 is 0. The summed E-state index contributed by atoms with van der Waals surface area (Å²) in [5.41, 5.74) is 3.02. The first-order valence-electron chi connectivity index (χ1n) is 8.87. The Balaban J connectivity index is 1.71. The fraction of sp³-hybridized carbons (Fsp3) is 0.368. The van der Waals surface area contributed by atoms with Crippen LogP contribution in [0.4, 0.5) is 4.79 Å². The molecule has 3 amide bonds. The quantitative estimate of drug-likeness (QED) is 0.809. The summed E-state index contributed by atoms with van der Waals surface area (Å²) in [6.45, 7) is 2.36. The summed E-state index contributed by atoms with van der Waals surface area (Å²) < 4.78 is 1.77. The smallest absolute Gasteiger partial charge is 0.319 e. The fourth-order valence-corrected chi connectivity index (χ4v) is 3.20. The van der Waals surface area contributed by atoms with Crippen molar-refractivity contribution in [3.63, 3.8) is 0 Å². The van der Waals surface area contributed by atoms with Crippen LogP contribution in [-0.4, -0.2) is 45.2 Å². The number of hydrogen-bond acceptors (Lipinski definition) is 4. The second-order valence-electron chi connectivity index (χ2n) is 6.71. The summed E-state index contributed by atoms with van der Waals surface area (Å²) in [6.07, 6.45) is 8.83. The molecule has 1 aliphatic rings. The van der Waals surface area contributed by atoms with Crippen molar-refractivity contribution in [1.82, 2.24) is 30.3 Å². The first-order chi connectivity index (χ1) is 13.0. The van der Waals surface area contributed by atoms with Crippen molar-refractivity contribution in [3.8, 4) is 0 Å². The molecule has 0 aliphatic carbocycles. The molecular weight excluding hydrogens is 344 g/mol. The molecule has 8 heteroatoms. The number of likely N-dealkylation sites (N-methyl/N-ethyl adjacent to an activating group) is 1. The molecule has 2 aromatic heterocycles. The maximum absolute atomic E-state index is 13.1. The molecule has 3 rings (SSSR count). The minimum absolute atomic E-state index is 0.111. The lowest BCUT2D eigenvalue weighted by Gasteiger charge is -2.31. The number of urea groups is 1. The molecule has 0 radical (unpaired) electrons. The van der Waals surface area contributed by atoms with Crippen molar-refractivity contribution in [1.29, 1.82) is 0 Å². The van der Waals surface area contributed by atoms with Crippen LogP contribution in [0.3, 0.4) is 0 Å². The molecule has 0 saturated heterocycles. The van der Waals surface area contributed by atoms with Gasteiger partial charge in [-0.2, -0.15) is 5.10 Å². The van der Waals surface area contributed by atoms with Gasteiger partial charge in [-0.25, -0.2) is 4.79 Å². The molecule has 0 spiro atoms. The summed E-state index contributed by atoms with van der Waals surface area (Å²) in [7, 11) is 3.67. The lowest BCUT2D eigenvalue weighted by molar-refractivity contribution is -0.126. The van der Waals surface area contributed by atoms with Gasteiger partial charge in [0.15, 0.2) is 0 Å². The van der Waals surface area contributed by atoms with E-state index in [-0.39, 0.29) is 11.9 Å². The zero-order chi connectivity index (χ0) is 19.4. The van der Waals surface area contributed by atoms with Crippen molar-refractivity contribution < 1.29 is 9.59 Å². The molecule has 142 valence electrons. The first kappa shape index (κ1) is 18.6. The zero-order valence-electron chi connectivity index (χ0n) is 15.8. The van der Waals surface area contributed by atoms with E-state index in [0.29, 0.717) is 17.8 Å². The Bertz CT molecular complexity index is 858. The molecule has 1 unspecified atom stereocenters. The molecule has 0 aromatic carbocycles. The number of allylic oxidation sites excluding steroid dienone is 1. The third kappa shape index (κ3) is 4.33. The Morgan fingerprint density at radius 2 is 2.19 bits per heavy atom. The van der Waals surface area contributed by atoms with E-state index in [1.165, 1.54) is 0 Å². The highest BCUT2D eigenvalue weighted by atomic mass is 16.2. The second kappa shape index (κ2) is 8.03. The maximum atomic E-state index is 13.1. The van der Waals surface area contributed by atoms with Crippen molar-refractivity contribution in [2.24, 2.45) is 7.05 Å². The van der Waals surface area contributed by atoms with Gasteiger partial charge in [-0.05, 0) is 37.0 Å². The van der Waals surface area contributed by atoms with Crippen LogP contribution in [0.5, 0.6) is 0 Å². The van der Waals surface area contributed by atoms with Gasteiger partial charge >= 0.3 is 6.03 Å². The number of carbonyl (C=O) groups excluding carboxylic acids is 2. The summed E-state index contributed by atoms with van der Waals surface area (Å²) in [5.74, 6) is -0.111. The number of carbonyl (C=O) groups is 2. The average molecular weight is 368 g/mol. The highest BCUT2D eigenvalue weighted by Crippen LogP contribution is 2.27. The average Bonchev–Trinajstić information content (AvgIpc) is 3.06. The van der Waals surface area contributed by atoms with Gasteiger partial charge in [0.05, 0.1) is 17.8 Å². The summed E-state index contributed by atoms with van der Waals surface area (Å²) in [5, 5.41) is 9.69. The van der Waals surface area contributed by atoms with E-state index in [2.05, 4.69) is 20.7 Å². The Labute approximate surface area is 158 Å². The number of rotatable bonds is 6. The molecule has 1 aliphatic heterocycles. The van der Waals surface area contributed by atoms with Crippen LogP contribution in [-0.2, 0) is 18.3 Å². The first-order valence-corrected chi connectivity index (χ1v) is 8.87. The van der Waals surface area contributed by atoms with Crippen LogP contribution < -0.4 is 10.6 Å². The number of amides is 3. The van der Waals surface area contributed by atoms with Crippen LogP contribution in [0.15, 0.2) is 48.2 Å². The van der Waals surface area contributed by atoms with Crippen molar-refractivity contribution in [2.75, 3.05) is 13.6 Å². The standard InChI is InChI=1S/C19H24N6O2/c1-13-16(17(23-19(27)22-13)15-7-4-8-20-11-15)18(26)24(2)9-5-6-14-10-21-25(3)12-14/h4,7-8,10-12,17H,5-6,9H2,1-3H3,(H2,22,23,27). The molecule has 8 nitrogen and oxygen atoms in total. The Hall–Kier alpha value is -3.16. The molecular formula is C19H24N6O2. The van der Waals surface area contributed by atoms with E-state index in [1.807, 2.05) is 25.5 Å². The van der Waals surface area contributed by atoms with E-state index < -0.39 is 6.04 Å². The number of nitrogens with zero attached hydrogens (tertiary/aromatic N) is 4. The molecule has 0 bridgehead atoms. The Morgan fingerprint density at radius 1 is 1.37 bits per heavy atom. The fourth-order valence-electron chi connectivity index (χ4n) is 3.20. The maximum Gasteiger partial charge on any atom is 0.319 e. The molecule has 2 N–H and O–H groups in total. The minimum atomic E-state index is -0.513. The highest BCUT2D eigenvalue weighted by Gasteiger charge is 2.32. The number of nitrogens with one attached hydrogen (secondary N) is 2. The van der Waals surface area contributed by atoms with E-state index in [0.717, 1.165) is 24.0 Å². The lowest BCUT2D eigenvalue weighted by Crippen LogP contribution is -2.47. The highest BCUT2D eigenvalue weighted by molar-refractivity contribution is 5.98. The number of pyridine rings is 1. The summed E-state index contributed by atoms with van der Waals surface area (Å²) in [4.78, 5) is 30.8. The van der Waals surface area contributed by atoms with Gasteiger partial charge < -0.3 is 15.5 Å². The second-order valence-corrected chi connectivity index (χ2v) is 6.71. The van der Waals surface area contributed by atoms with Crippen LogP contribution in [0.1, 0.15) is 30.5 Å². The minimum Gasteiger partial charge on any atom is -0.342 e. The Morgan fingerprint density at radius 3 is 2.85 bits per heavy atom. The number of aromatic nitrogens is 3. The van der Waals surface area contributed by atoms with Crippen LogP contribution in [0.2, 0.25) is 0 Å². The molecule has 2 aromatic rings. The third-order valence-electron chi connectivity index (χ3n) is 4.58. The predicted molar refractivity (Wildman–Crippen MR) is 101 cm³/mol. The Kier molecular flexibility index (Phi) is 5.54. The van der Waals surface area contributed by atoms with Gasteiger partial charge in [-0.1, -0.05) is 6.07 Å². The van der Waals surface area contributed by atoms with Crippen molar-refractivity contribution in [3.05, 3.63) is 59.3 Å². The van der Waals surface area contributed by atoms with E-state index in [1.54, 1.807) is 42.0 Å². The molecule has 3 heterocycles. The molecule has 1 atom stereocenters. The monoisotopic (exact) mass is 368 g/mol. The van der Waals surface area contributed by atoms with Gasteiger partial charge in [0.25, 0.3) is 5.91 Å². The van der Waals surface area contributed by atoms with Gasteiger partial charge in [0.2, 0.25) is 0 Å². The predicted octanol–water partition coefficient (Wildman–Crippen LogP) is 1.53. The normalized spacial score (nSPS) is 16.7. The van der Waals surface area contributed by atoms with Gasteiger partial charge in [-0.3, -0.25) is 14.5 Å². The topological polar surface area (TPSA) is 92.2 Å². The molecule has 27 heavy (non-hydrogen) atoms. The van der Waals surface area contributed by atoms with Crippen molar-refractivity contribution >= 4 is 11.9 Å². The van der Waals surface area contributed by atoms with Gasteiger partial charge in [-0.15, -0.1) is 0 Å². The van der Waals surface area contributed by atoms with Crippen LogP contribution in [0, 0.1) is 0 Å². The zero-order valence-corrected chi connectivity index (χ0v) is 15.8. The summed E-state index contributed by atoms with van der Waals surface area (Å²) in [6, 6.07) is 2.81. The molecule has 0 saturated carbocycles. The largest absolute Gasteiger partial charge is 0.342 e. The number of aryl methyl sites for hydroxylation is 2. The van der Waals surface area contributed by atoms with E-state index >= 15 is 0 Å². The van der Waals surface area contributed by atoms with Crippen LogP contribution in [0.25, 0.3) is 0 Å². The third-order valence-corrected chi connectivity index (χ3v) is 4.58. The lowest BCUT2D eigenvalue weighted by atomic mass is 9.95. The van der Waals surface area contributed by atoms with Gasteiger partial charge in [0.1, 0.15) is 0 Å². The van der Waals surface area contributed by atoms with E-state index in [4.69, 9.17) is 0 Å². The van der Waals surface area contributed by atoms with Crippen molar-refractivity contribution in [2.45, 2.75) is 25.8 Å². The SMILES string of the molecule is CC1=C(C(=O)N(C)CCCc2cnn(C)c2)C(c2cccnc2)NC(=O)N1. The van der Waals surface area contributed by atoms with Crippen LogP contribution >= 0.6 is 0 Å².